The highest BCUT2D eigenvalue weighted by molar-refractivity contribution is 5.25. The van der Waals surface area contributed by atoms with Crippen molar-refractivity contribution in [2.45, 2.75) is 52.4 Å². The second kappa shape index (κ2) is 6.03. The fourth-order valence-electron chi connectivity index (χ4n) is 2.52. The Morgan fingerprint density at radius 1 is 1.24 bits per heavy atom. The molecule has 4 nitrogen and oxygen atoms in total. The van der Waals surface area contributed by atoms with Gasteiger partial charge in [0.05, 0.1) is 0 Å². The maximum atomic E-state index is 5.32. The van der Waals surface area contributed by atoms with Gasteiger partial charge in [-0.1, -0.05) is 31.8 Å². The summed E-state index contributed by atoms with van der Waals surface area (Å²) in [5.41, 5.74) is 0. The number of hydrogen-bond acceptors (Lipinski definition) is 4. The molecular weight excluding hydrogens is 214 g/mol. The van der Waals surface area contributed by atoms with Crippen LogP contribution in [0.1, 0.15) is 51.8 Å². The third kappa shape index (κ3) is 3.20. The summed E-state index contributed by atoms with van der Waals surface area (Å²) in [5.74, 6) is 1.74. The van der Waals surface area contributed by atoms with Crippen molar-refractivity contribution in [1.82, 2.24) is 10.1 Å². The fourth-order valence-corrected chi connectivity index (χ4v) is 2.52. The van der Waals surface area contributed by atoms with Gasteiger partial charge in [0.25, 0.3) is 0 Å². The van der Waals surface area contributed by atoms with Crippen LogP contribution in [-0.2, 0) is 6.42 Å². The molecule has 0 radical (unpaired) electrons. The summed E-state index contributed by atoms with van der Waals surface area (Å²) in [6.45, 7) is 6.53. The third-order valence-corrected chi connectivity index (χ3v) is 3.51. The summed E-state index contributed by atoms with van der Waals surface area (Å²) in [6.07, 6.45) is 7.16. The Kier molecular flexibility index (Phi) is 4.40. The Morgan fingerprint density at radius 3 is 2.65 bits per heavy atom. The summed E-state index contributed by atoms with van der Waals surface area (Å²) < 4.78 is 5.32. The molecule has 0 amide bonds. The minimum Gasteiger partial charge on any atom is -0.324 e. The van der Waals surface area contributed by atoms with Gasteiger partial charge in [-0.2, -0.15) is 4.98 Å². The van der Waals surface area contributed by atoms with Crippen LogP contribution in [-0.4, -0.2) is 23.2 Å². The van der Waals surface area contributed by atoms with Gasteiger partial charge in [0.2, 0.25) is 0 Å². The predicted molar refractivity (Wildman–Crippen MR) is 68.1 cm³/mol. The second-order valence-corrected chi connectivity index (χ2v) is 4.96. The highest BCUT2D eigenvalue weighted by atomic mass is 16.5. The minimum atomic E-state index is 0.725. The lowest BCUT2D eigenvalue weighted by Crippen LogP contribution is -2.33. The molecule has 0 aromatic carbocycles. The van der Waals surface area contributed by atoms with E-state index in [1.165, 1.54) is 25.7 Å². The molecule has 0 bridgehead atoms. The van der Waals surface area contributed by atoms with E-state index in [1.807, 2.05) is 0 Å². The molecule has 0 aliphatic carbocycles. The van der Waals surface area contributed by atoms with Crippen LogP contribution >= 0.6 is 0 Å². The molecule has 2 heterocycles. The molecule has 0 N–H and O–H groups in total. The van der Waals surface area contributed by atoms with Crippen LogP contribution in [0.5, 0.6) is 0 Å². The number of rotatable bonds is 5. The van der Waals surface area contributed by atoms with E-state index in [4.69, 9.17) is 4.52 Å². The first-order chi connectivity index (χ1) is 8.33. The van der Waals surface area contributed by atoms with Gasteiger partial charge in [-0.05, 0) is 25.2 Å². The molecule has 1 aromatic heterocycles. The number of hydrogen-bond donors (Lipinski definition) is 0. The van der Waals surface area contributed by atoms with Crippen molar-refractivity contribution < 1.29 is 4.52 Å². The molecular formula is C13H23N3O. The average Bonchev–Trinajstić information content (AvgIpc) is 2.80. The Bertz CT molecular complexity index is 329. The largest absolute Gasteiger partial charge is 0.324 e. The Balaban J connectivity index is 1.86. The number of nitrogens with zero attached hydrogens (tertiary/aromatic N) is 3. The first kappa shape index (κ1) is 12.4. The number of piperidine rings is 1. The second-order valence-electron chi connectivity index (χ2n) is 4.96. The summed E-state index contributed by atoms with van der Waals surface area (Å²) in [6, 6.07) is 0.725. The number of aromatic nitrogens is 2. The van der Waals surface area contributed by atoms with Crippen LogP contribution in [0.2, 0.25) is 0 Å². The van der Waals surface area contributed by atoms with E-state index in [-0.39, 0.29) is 0 Å². The van der Waals surface area contributed by atoms with Crippen LogP contribution in [0.3, 0.4) is 0 Å². The molecule has 4 heteroatoms. The normalized spacial score (nSPS) is 17.6. The van der Waals surface area contributed by atoms with Crippen molar-refractivity contribution in [3.05, 3.63) is 5.82 Å². The first-order valence-electron chi connectivity index (χ1n) is 6.91. The lowest BCUT2D eigenvalue weighted by molar-refractivity contribution is 0.347. The van der Waals surface area contributed by atoms with Crippen LogP contribution in [0.4, 0.5) is 6.01 Å². The zero-order chi connectivity index (χ0) is 12.1. The monoisotopic (exact) mass is 237 g/mol. The van der Waals surface area contributed by atoms with E-state index >= 15 is 0 Å². The summed E-state index contributed by atoms with van der Waals surface area (Å²) in [4.78, 5) is 6.68. The van der Waals surface area contributed by atoms with E-state index in [0.29, 0.717) is 0 Å². The lowest BCUT2D eigenvalue weighted by Gasteiger charge is -2.30. The molecule has 1 fully saturated rings. The minimum absolute atomic E-state index is 0.725. The van der Waals surface area contributed by atoms with Crippen LogP contribution in [0.15, 0.2) is 4.52 Å². The molecule has 17 heavy (non-hydrogen) atoms. The number of anilines is 1. The zero-order valence-electron chi connectivity index (χ0n) is 11.0. The van der Waals surface area contributed by atoms with Crippen LogP contribution in [0, 0.1) is 5.92 Å². The fraction of sp³-hybridized carbons (Fsp3) is 0.846. The van der Waals surface area contributed by atoms with Gasteiger partial charge >= 0.3 is 6.01 Å². The summed E-state index contributed by atoms with van der Waals surface area (Å²) >= 11 is 0. The van der Waals surface area contributed by atoms with Gasteiger partial charge in [-0.25, -0.2) is 0 Å². The van der Waals surface area contributed by atoms with E-state index < -0.39 is 0 Å². The Hall–Kier alpha value is -1.06. The van der Waals surface area contributed by atoms with E-state index in [9.17, 15) is 0 Å². The molecule has 96 valence electrons. The molecule has 2 rings (SSSR count). The standard InChI is InChI=1S/C13H23N3O/c1-3-5-11-7-9-16(10-8-11)13-14-12(6-4-2)15-17-13/h11H,3-10H2,1-2H3. The maximum Gasteiger partial charge on any atom is 0.324 e. The Labute approximate surface area is 103 Å². The molecule has 1 aliphatic heterocycles. The van der Waals surface area contributed by atoms with Gasteiger partial charge in [0.1, 0.15) is 0 Å². The molecule has 1 aromatic rings. The van der Waals surface area contributed by atoms with Gasteiger partial charge in [-0.3, -0.25) is 0 Å². The zero-order valence-corrected chi connectivity index (χ0v) is 11.0. The van der Waals surface area contributed by atoms with Crippen molar-refractivity contribution in [2.24, 2.45) is 5.92 Å². The van der Waals surface area contributed by atoms with E-state index in [2.05, 4.69) is 28.9 Å². The average molecular weight is 237 g/mol. The highest BCUT2D eigenvalue weighted by Crippen LogP contribution is 2.24. The van der Waals surface area contributed by atoms with Gasteiger partial charge in [0, 0.05) is 19.5 Å². The Morgan fingerprint density at radius 2 is 2.00 bits per heavy atom. The molecule has 0 saturated carbocycles. The van der Waals surface area contributed by atoms with Crippen molar-refractivity contribution in [2.75, 3.05) is 18.0 Å². The summed E-state index contributed by atoms with van der Waals surface area (Å²) in [5, 5.41) is 4.01. The predicted octanol–water partition coefficient (Wildman–Crippen LogP) is 3.04. The van der Waals surface area contributed by atoms with Gasteiger partial charge in [-0.15, -0.1) is 0 Å². The van der Waals surface area contributed by atoms with Crippen molar-refractivity contribution in [3.8, 4) is 0 Å². The molecule has 0 unspecified atom stereocenters. The first-order valence-corrected chi connectivity index (χ1v) is 6.91. The lowest BCUT2D eigenvalue weighted by atomic mass is 9.93. The van der Waals surface area contributed by atoms with E-state index in [1.54, 1.807) is 0 Å². The van der Waals surface area contributed by atoms with Crippen molar-refractivity contribution in [3.63, 3.8) is 0 Å². The van der Waals surface area contributed by atoms with Crippen LogP contribution in [0.25, 0.3) is 0 Å². The maximum absolute atomic E-state index is 5.32. The third-order valence-electron chi connectivity index (χ3n) is 3.51. The van der Waals surface area contributed by atoms with Gasteiger partial charge in [0.15, 0.2) is 5.82 Å². The van der Waals surface area contributed by atoms with Crippen molar-refractivity contribution in [1.29, 1.82) is 0 Å². The van der Waals surface area contributed by atoms with E-state index in [0.717, 1.165) is 43.7 Å². The van der Waals surface area contributed by atoms with Gasteiger partial charge < -0.3 is 9.42 Å². The highest BCUT2D eigenvalue weighted by Gasteiger charge is 2.22. The SMILES string of the molecule is CCCc1noc(N2CCC(CCC)CC2)n1. The molecule has 1 saturated heterocycles. The molecule has 0 spiro atoms. The smallest absolute Gasteiger partial charge is 0.324 e. The topological polar surface area (TPSA) is 42.2 Å². The van der Waals surface area contributed by atoms with Crippen LogP contribution < -0.4 is 4.90 Å². The number of aryl methyl sites for hydroxylation is 1. The summed E-state index contributed by atoms with van der Waals surface area (Å²) in [7, 11) is 0. The molecule has 1 aliphatic rings. The van der Waals surface area contributed by atoms with Crippen molar-refractivity contribution >= 4 is 6.01 Å². The quantitative estimate of drug-likeness (QED) is 0.789. The molecule has 0 atom stereocenters.